The quantitative estimate of drug-likeness (QED) is 0.754. The van der Waals surface area contributed by atoms with Crippen LogP contribution in [0.15, 0.2) is 24.7 Å². The molecule has 0 atom stereocenters. The molecule has 19 heavy (non-hydrogen) atoms. The maximum atomic E-state index is 5.02. The van der Waals surface area contributed by atoms with E-state index < -0.39 is 0 Å². The van der Waals surface area contributed by atoms with Crippen molar-refractivity contribution in [1.82, 2.24) is 14.9 Å². The first-order valence-electron chi connectivity index (χ1n) is 6.59. The van der Waals surface area contributed by atoms with Crippen molar-refractivity contribution in [1.29, 1.82) is 0 Å². The van der Waals surface area contributed by atoms with Crippen LogP contribution in [0.2, 0.25) is 0 Å². The second kappa shape index (κ2) is 7.43. The zero-order valence-corrected chi connectivity index (χ0v) is 12.4. The van der Waals surface area contributed by atoms with Crippen molar-refractivity contribution in [3.8, 4) is 0 Å². The molecule has 4 nitrogen and oxygen atoms in total. The summed E-state index contributed by atoms with van der Waals surface area (Å²) >= 11 is 1.88. The molecule has 0 aromatic carbocycles. The van der Waals surface area contributed by atoms with E-state index in [9.17, 15) is 0 Å². The monoisotopic (exact) mass is 279 g/mol. The van der Waals surface area contributed by atoms with Crippen LogP contribution < -0.4 is 5.32 Å². The number of nitrogens with zero attached hydrogens (tertiary/aromatic N) is 2. The van der Waals surface area contributed by atoms with Crippen molar-refractivity contribution in [2.75, 3.05) is 20.3 Å². The number of hydrogen-bond donors (Lipinski definition) is 1. The largest absolute Gasteiger partial charge is 0.383 e. The predicted octanol–water partition coefficient (Wildman–Crippen LogP) is 2.29. The second-order valence-electron chi connectivity index (χ2n) is 4.40. The maximum Gasteiger partial charge on any atom is 0.0952 e. The molecule has 0 saturated heterocycles. The molecule has 0 unspecified atom stereocenters. The first-order chi connectivity index (χ1) is 9.33. The molecule has 2 aromatic rings. The lowest BCUT2D eigenvalue weighted by molar-refractivity contribution is 0.199. The number of imidazole rings is 1. The predicted molar refractivity (Wildman–Crippen MR) is 78.6 cm³/mol. The number of aromatic nitrogens is 2. The lowest BCUT2D eigenvalue weighted by atomic mass is 10.3. The average Bonchev–Trinajstić information content (AvgIpc) is 3.05. The van der Waals surface area contributed by atoms with Gasteiger partial charge in [0.1, 0.15) is 0 Å². The van der Waals surface area contributed by atoms with Crippen LogP contribution in [0.5, 0.6) is 0 Å². The third-order valence-corrected chi connectivity index (χ3v) is 4.19. The van der Waals surface area contributed by atoms with Gasteiger partial charge in [-0.05, 0) is 18.6 Å². The molecule has 1 N–H and O–H groups in total. The van der Waals surface area contributed by atoms with Crippen molar-refractivity contribution < 1.29 is 4.74 Å². The van der Waals surface area contributed by atoms with Crippen LogP contribution in [-0.2, 0) is 24.2 Å². The van der Waals surface area contributed by atoms with Crippen LogP contribution in [0.25, 0.3) is 0 Å². The molecule has 2 rings (SSSR count). The molecule has 0 aliphatic carbocycles. The van der Waals surface area contributed by atoms with Crippen LogP contribution in [0.3, 0.4) is 0 Å². The van der Waals surface area contributed by atoms with Crippen molar-refractivity contribution in [3.63, 3.8) is 0 Å². The fourth-order valence-corrected chi connectivity index (χ4v) is 2.85. The Labute approximate surface area is 118 Å². The van der Waals surface area contributed by atoms with Crippen LogP contribution in [0.1, 0.15) is 22.4 Å². The van der Waals surface area contributed by atoms with Gasteiger partial charge in [-0.1, -0.05) is 6.92 Å². The van der Waals surface area contributed by atoms with Gasteiger partial charge in [-0.3, -0.25) is 0 Å². The van der Waals surface area contributed by atoms with Gasteiger partial charge < -0.3 is 14.6 Å². The molecule has 0 amide bonds. The van der Waals surface area contributed by atoms with Crippen molar-refractivity contribution >= 4 is 11.3 Å². The summed E-state index contributed by atoms with van der Waals surface area (Å²) in [4.78, 5) is 7.06. The summed E-state index contributed by atoms with van der Waals surface area (Å²) in [7, 11) is 1.72. The topological polar surface area (TPSA) is 39.1 Å². The second-order valence-corrected chi connectivity index (χ2v) is 5.66. The van der Waals surface area contributed by atoms with E-state index in [1.807, 2.05) is 23.9 Å². The summed E-state index contributed by atoms with van der Waals surface area (Å²) < 4.78 is 7.22. The Balaban J connectivity index is 1.91. The Bertz CT molecular complexity index is 492. The van der Waals surface area contributed by atoms with Gasteiger partial charge in [0.15, 0.2) is 0 Å². The molecular weight excluding hydrogens is 258 g/mol. The van der Waals surface area contributed by atoms with E-state index >= 15 is 0 Å². The lowest BCUT2D eigenvalue weighted by Crippen LogP contribution is -2.20. The molecule has 0 aliphatic heterocycles. The standard InChI is InChI=1S/C14H21N3OS/c1-3-13-4-5-14(19-13)10-17-11-16-9-12(17)8-15-6-7-18-2/h4-5,9,11,15H,3,6-8,10H2,1-2H3. The van der Waals surface area contributed by atoms with Gasteiger partial charge in [-0.25, -0.2) is 4.98 Å². The third-order valence-electron chi connectivity index (χ3n) is 2.98. The number of nitrogens with one attached hydrogen (secondary N) is 1. The zero-order valence-electron chi connectivity index (χ0n) is 11.6. The van der Waals surface area contributed by atoms with Gasteiger partial charge in [0.25, 0.3) is 0 Å². The van der Waals surface area contributed by atoms with Crippen LogP contribution in [-0.4, -0.2) is 29.8 Å². The van der Waals surface area contributed by atoms with Gasteiger partial charge in [-0.15, -0.1) is 11.3 Å². The first kappa shape index (κ1) is 14.2. The molecule has 0 radical (unpaired) electrons. The number of ether oxygens (including phenoxy) is 1. The molecule has 2 heterocycles. The Kier molecular flexibility index (Phi) is 5.57. The van der Waals surface area contributed by atoms with Gasteiger partial charge in [0.05, 0.1) is 25.2 Å². The van der Waals surface area contributed by atoms with Crippen molar-refractivity contribution in [2.45, 2.75) is 26.4 Å². The van der Waals surface area contributed by atoms with Crippen molar-refractivity contribution in [2.24, 2.45) is 0 Å². The Hall–Kier alpha value is -1.17. The smallest absolute Gasteiger partial charge is 0.0952 e. The van der Waals surface area contributed by atoms with E-state index in [4.69, 9.17) is 4.74 Å². The number of rotatable bonds is 8. The third kappa shape index (κ3) is 4.16. The number of thiophene rings is 1. The molecule has 0 bridgehead atoms. The summed E-state index contributed by atoms with van der Waals surface area (Å²) in [5.41, 5.74) is 1.21. The van der Waals surface area contributed by atoms with E-state index in [1.54, 1.807) is 7.11 Å². The van der Waals surface area contributed by atoms with Gasteiger partial charge >= 0.3 is 0 Å². The minimum Gasteiger partial charge on any atom is -0.383 e. The fraction of sp³-hybridized carbons (Fsp3) is 0.500. The minimum absolute atomic E-state index is 0.735. The summed E-state index contributed by atoms with van der Waals surface area (Å²) in [5, 5.41) is 3.35. The number of hydrogen-bond acceptors (Lipinski definition) is 4. The first-order valence-corrected chi connectivity index (χ1v) is 7.41. The maximum absolute atomic E-state index is 5.02. The summed E-state index contributed by atoms with van der Waals surface area (Å²) in [6.07, 6.45) is 4.94. The summed E-state index contributed by atoms with van der Waals surface area (Å²) in [5.74, 6) is 0. The molecular formula is C14H21N3OS. The van der Waals surface area contributed by atoms with Gasteiger partial charge in [-0.2, -0.15) is 0 Å². The minimum atomic E-state index is 0.735. The highest BCUT2D eigenvalue weighted by molar-refractivity contribution is 7.11. The van der Waals surface area contributed by atoms with E-state index in [0.717, 1.165) is 32.7 Å². The van der Waals surface area contributed by atoms with Gasteiger partial charge in [0, 0.05) is 36.2 Å². The molecule has 104 valence electrons. The highest BCUT2D eigenvalue weighted by Crippen LogP contribution is 2.18. The molecule has 0 aliphatic rings. The Morgan fingerprint density at radius 3 is 2.95 bits per heavy atom. The van der Waals surface area contributed by atoms with Gasteiger partial charge in [0.2, 0.25) is 0 Å². The van der Waals surface area contributed by atoms with Crippen LogP contribution >= 0.6 is 11.3 Å². The highest BCUT2D eigenvalue weighted by Gasteiger charge is 2.04. The van der Waals surface area contributed by atoms with E-state index in [1.165, 1.54) is 15.4 Å². The highest BCUT2D eigenvalue weighted by atomic mass is 32.1. The molecule has 2 aromatic heterocycles. The summed E-state index contributed by atoms with van der Waals surface area (Å²) in [6.45, 7) is 5.53. The van der Waals surface area contributed by atoms with Crippen LogP contribution in [0.4, 0.5) is 0 Å². The Morgan fingerprint density at radius 1 is 1.37 bits per heavy atom. The molecule has 0 spiro atoms. The SMILES string of the molecule is CCc1ccc(Cn2cncc2CNCCOC)s1. The lowest BCUT2D eigenvalue weighted by Gasteiger charge is -2.08. The average molecular weight is 279 g/mol. The normalized spacial score (nSPS) is 11.1. The van der Waals surface area contributed by atoms with Crippen LogP contribution in [0, 0.1) is 0 Å². The Morgan fingerprint density at radius 2 is 2.21 bits per heavy atom. The zero-order chi connectivity index (χ0) is 13.5. The molecule has 5 heteroatoms. The van der Waals surface area contributed by atoms with E-state index in [-0.39, 0.29) is 0 Å². The van der Waals surface area contributed by atoms with E-state index in [0.29, 0.717) is 0 Å². The van der Waals surface area contributed by atoms with Crippen molar-refractivity contribution in [3.05, 3.63) is 40.1 Å². The molecule has 0 fully saturated rings. The number of aryl methyl sites for hydroxylation is 1. The van der Waals surface area contributed by atoms with E-state index in [2.05, 4.69) is 33.9 Å². The summed E-state index contributed by atoms with van der Waals surface area (Å²) in [6, 6.07) is 4.43. The molecule has 0 saturated carbocycles. The number of methoxy groups -OCH3 is 1. The fourth-order valence-electron chi connectivity index (χ4n) is 1.89.